The van der Waals surface area contributed by atoms with Crippen LogP contribution in [0.5, 0.6) is 0 Å². The second-order valence-electron chi connectivity index (χ2n) is 6.36. The van der Waals surface area contributed by atoms with Crippen LogP contribution in [0.3, 0.4) is 0 Å². The fourth-order valence-corrected chi connectivity index (χ4v) is 7.31. The van der Waals surface area contributed by atoms with Crippen LogP contribution in [0.25, 0.3) is 0 Å². The molecule has 0 atom stereocenters. The molecule has 1 heteroatoms. The maximum absolute atomic E-state index is 2.30. The first kappa shape index (κ1) is 16.7. The predicted molar refractivity (Wildman–Crippen MR) is 111 cm³/mol. The van der Waals surface area contributed by atoms with E-state index in [1.54, 1.807) is 0 Å². The Morgan fingerprint density at radius 1 is 0.385 bits per heavy atom. The highest BCUT2D eigenvalue weighted by atomic mass is 32.3. The van der Waals surface area contributed by atoms with Gasteiger partial charge >= 0.3 is 0 Å². The molecule has 0 unspecified atom stereocenters. The molecule has 0 saturated carbocycles. The molecule has 0 aliphatic heterocycles. The molecular formula is C25H22S. The Balaban J connectivity index is 2.12. The monoisotopic (exact) mass is 354 g/mol. The van der Waals surface area contributed by atoms with E-state index in [0.29, 0.717) is 0 Å². The van der Waals surface area contributed by atoms with Crippen molar-refractivity contribution in [1.29, 1.82) is 0 Å². The average molecular weight is 355 g/mol. The van der Waals surface area contributed by atoms with Crippen molar-refractivity contribution < 1.29 is 0 Å². The van der Waals surface area contributed by atoms with E-state index >= 15 is 0 Å². The molecular weight excluding hydrogens is 332 g/mol. The van der Waals surface area contributed by atoms with Gasteiger partial charge in [-0.2, -0.15) is 0 Å². The standard InChI is InChI=1S/C25H22S/c1-21-17-19-25(20-18-21)26(22-11-5-2-6-12-22,23-13-7-3-8-14-23)24-15-9-4-10-16-24/h2-20H,1H3. The summed E-state index contributed by atoms with van der Waals surface area (Å²) in [7, 11) is -1.53. The van der Waals surface area contributed by atoms with E-state index in [1.165, 1.54) is 25.1 Å². The normalized spacial score (nSPS) is 11.9. The summed E-state index contributed by atoms with van der Waals surface area (Å²) in [6, 6.07) is 41.9. The van der Waals surface area contributed by atoms with E-state index < -0.39 is 10.0 Å². The molecule has 0 nitrogen and oxygen atoms in total. The van der Waals surface area contributed by atoms with E-state index in [9.17, 15) is 0 Å². The van der Waals surface area contributed by atoms with Crippen molar-refractivity contribution in [2.45, 2.75) is 26.5 Å². The lowest BCUT2D eigenvalue weighted by Crippen LogP contribution is -2.04. The molecule has 26 heavy (non-hydrogen) atoms. The van der Waals surface area contributed by atoms with Crippen molar-refractivity contribution in [2.75, 3.05) is 0 Å². The average Bonchev–Trinajstić information content (AvgIpc) is 2.72. The maximum Gasteiger partial charge on any atom is 0.00231 e. The minimum Gasteiger partial charge on any atom is -0.133 e. The minimum atomic E-state index is -1.53. The molecule has 0 fully saturated rings. The van der Waals surface area contributed by atoms with Gasteiger partial charge in [0.05, 0.1) is 0 Å². The molecule has 0 amide bonds. The van der Waals surface area contributed by atoms with E-state index in [1.807, 2.05) is 0 Å². The van der Waals surface area contributed by atoms with Gasteiger partial charge in [0.2, 0.25) is 0 Å². The van der Waals surface area contributed by atoms with Crippen LogP contribution in [0.4, 0.5) is 0 Å². The first-order chi connectivity index (χ1) is 12.8. The molecule has 0 N–H and O–H groups in total. The van der Waals surface area contributed by atoms with E-state index in [-0.39, 0.29) is 0 Å². The highest BCUT2D eigenvalue weighted by molar-refractivity contribution is 8.34. The van der Waals surface area contributed by atoms with E-state index in [4.69, 9.17) is 0 Å². The van der Waals surface area contributed by atoms with Crippen molar-refractivity contribution in [3.8, 4) is 0 Å². The van der Waals surface area contributed by atoms with Crippen molar-refractivity contribution in [2.24, 2.45) is 0 Å². The lowest BCUT2D eigenvalue weighted by atomic mass is 10.2. The van der Waals surface area contributed by atoms with Crippen LogP contribution in [0.15, 0.2) is 135 Å². The summed E-state index contributed by atoms with van der Waals surface area (Å²) in [6.07, 6.45) is 0. The Labute approximate surface area is 157 Å². The second kappa shape index (κ2) is 7.23. The summed E-state index contributed by atoms with van der Waals surface area (Å²) in [5, 5.41) is 0. The SMILES string of the molecule is Cc1ccc(S(c2ccccc2)(c2ccccc2)c2ccccc2)cc1. The predicted octanol–water partition coefficient (Wildman–Crippen LogP) is 7.34. The second-order valence-corrected chi connectivity index (χ2v) is 9.47. The van der Waals surface area contributed by atoms with Crippen LogP contribution in [0, 0.1) is 6.92 Å². The number of benzene rings is 4. The van der Waals surface area contributed by atoms with Gasteiger partial charge in [-0.25, -0.2) is 0 Å². The third-order valence-electron chi connectivity index (χ3n) is 4.66. The van der Waals surface area contributed by atoms with Crippen molar-refractivity contribution in [3.05, 3.63) is 121 Å². The molecule has 4 rings (SSSR count). The number of hydrogen-bond donors (Lipinski definition) is 0. The van der Waals surface area contributed by atoms with Crippen molar-refractivity contribution in [1.82, 2.24) is 0 Å². The lowest BCUT2D eigenvalue weighted by Gasteiger charge is -2.42. The summed E-state index contributed by atoms with van der Waals surface area (Å²) in [6.45, 7) is 2.15. The Morgan fingerprint density at radius 2 is 0.692 bits per heavy atom. The van der Waals surface area contributed by atoms with Gasteiger partial charge in [-0.3, -0.25) is 0 Å². The molecule has 4 aromatic carbocycles. The Bertz CT molecular complexity index is 862. The zero-order valence-electron chi connectivity index (χ0n) is 14.9. The number of rotatable bonds is 4. The van der Waals surface area contributed by atoms with E-state index in [2.05, 4.69) is 122 Å². The molecule has 0 saturated heterocycles. The van der Waals surface area contributed by atoms with Crippen LogP contribution in [-0.2, 0) is 0 Å². The smallest absolute Gasteiger partial charge is 0.00231 e. The highest BCUT2D eigenvalue weighted by Crippen LogP contribution is 2.73. The first-order valence-corrected chi connectivity index (χ1v) is 10.5. The molecule has 0 aliphatic rings. The van der Waals surface area contributed by atoms with Crippen molar-refractivity contribution >= 4 is 10.0 Å². The molecule has 0 aliphatic carbocycles. The minimum absolute atomic E-state index is 1.29. The summed E-state index contributed by atoms with van der Waals surface area (Å²) >= 11 is 0. The van der Waals surface area contributed by atoms with Crippen molar-refractivity contribution in [3.63, 3.8) is 0 Å². The van der Waals surface area contributed by atoms with Gasteiger partial charge in [0.15, 0.2) is 0 Å². The molecule has 0 radical (unpaired) electrons. The number of hydrogen-bond acceptors (Lipinski definition) is 0. The maximum atomic E-state index is 2.30. The summed E-state index contributed by atoms with van der Waals surface area (Å²) in [4.78, 5) is 5.45. The first-order valence-electron chi connectivity index (χ1n) is 8.87. The zero-order valence-corrected chi connectivity index (χ0v) is 15.7. The Morgan fingerprint density at radius 3 is 1.04 bits per heavy atom. The summed E-state index contributed by atoms with van der Waals surface area (Å²) in [5.41, 5.74) is 1.29. The van der Waals surface area contributed by atoms with Crippen LogP contribution < -0.4 is 0 Å². The fourth-order valence-electron chi connectivity index (χ4n) is 3.43. The van der Waals surface area contributed by atoms with Gasteiger partial charge in [-0.1, -0.05) is 72.3 Å². The number of aryl methyl sites for hydroxylation is 1. The summed E-state index contributed by atoms with van der Waals surface area (Å²) in [5.74, 6) is 0. The Kier molecular flexibility index (Phi) is 4.64. The molecule has 4 aromatic rings. The van der Waals surface area contributed by atoms with Crippen LogP contribution in [0.1, 0.15) is 5.56 Å². The summed E-state index contributed by atoms with van der Waals surface area (Å²) < 4.78 is 0. The Hall–Kier alpha value is -2.77. The molecule has 0 aromatic heterocycles. The van der Waals surface area contributed by atoms with Gasteiger partial charge in [-0.05, 0) is 55.5 Å². The van der Waals surface area contributed by atoms with Gasteiger partial charge in [0.25, 0.3) is 0 Å². The zero-order chi connectivity index (χ0) is 17.8. The third kappa shape index (κ3) is 2.85. The van der Waals surface area contributed by atoms with Gasteiger partial charge in [0.1, 0.15) is 0 Å². The topological polar surface area (TPSA) is 0 Å². The van der Waals surface area contributed by atoms with Crippen LogP contribution in [0.2, 0.25) is 0 Å². The largest absolute Gasteiger partial charge is 0.133 e. The van der Waals surface area contributed by atoms with Gasteiger partial charge in [0, 0.05) is 19.6 Å². The lowest BCUT2D eigenvalue weighted by molar-refractivity contribution is 1.23. The van der Waals surface area contributed by atoms with Gasteiger partial charge < -0.3 is 0 Å². The van der Waals surface area contributed by atoms with Gasteiger partial charge in [-0.15, -0.1) is 10.0 Å². The van der Waals surface area contributed by atoms with Crippen LogP contribution in [-0.4, -0.2) is 0 Å². The molecule has 0 heterocycles. The fraction of sp³-hybridized carbons (Fsp3) is 0.0400. The molecule has 128 valence electrons. The highest BCUT2D eigenvalue weighted by Gasteiger charge is 2.32. The quantitative estimate of drug-likeness (QED) is 0.360. The molecule has 0 bridgehead atoms. The van der Waals surface area contributed by atoms with Crippen LogP contribution >= 0.6 is 10.0 Å². The third-order valence-corrected chi connectivity index (χ3v) is 8.58. The van der Waals surface area contributed by atoms with E-state index in [0.717, 1.165) is 0 Å². The molecule has 0 spiro atoms.